The van der Waals surface area contributed by atoms with E-state index in [0.717, 1.165) is 16.6 Å². The summed E-state index contributed by atoms with van der Waals surface area (Å²) in [4.78, 5) is 15.3. The van der Waals surface area contributed by atoms with Crippen LogP contribution in [0, 0.1) is 11.3 Å². The van der Waals surface area contributed by atoms with Crippen molar-refractivity contribution in [3.63, 3.8) is 0 Å². The number of rotatable bonds is 3. The fraction of sp³-hybridized carbons (Fsp3) is 0. The van der Waals surface area contributed by atoms with Gasteiger partial charge in [-0.15, -0.1) is 0 Å². The minimum absolute atomic E-state index is 0.0513. The molecular weight excluding hydrogens is 274 g/mol. The van der Waals surface area contributed by atoms with Crippen molar-refractivity contribution in [1.29, 1.82) is 5.26 Å². The molecule has 0 unspecified atom stereocenters. The molecule has 106 valence electrons. The highest BCUT2D eigenvalue weighted by atomic mass is 16.1. The maximum Gasteiger partial charge on any atom is 0.266 e. The Morgan fingerprint density at radius 3 is 2.55 bits per heavy atom. The van der Waals surface area contributed by atoms with Crippen molar-refractivity contribution >= 4 is 28.6 Å². The third kappa shape index (κ3) is 2.89. The van der Waals surface area contributed by atoms with Gasteiger partial charge in [-0.3, -0.25) is 4.79 Å². The Balaban J connectivity index is 1.86. The molecule has 2 N–H and O–H groups in total. The van der Waals surface area contributed by atoms with E-state index in [9.17, 15) is 10.1 Å². The molecule has 0 saturated heterocycles. The molecule has 0 aliphatic heterocycles. The number of fused-ring (bicyclic) bond motifs is 1. The van der Waals surface area contributed by atoms with Crippen LogP contribution < -0.4 is 5.32 Å². The zero-order valence-corrected chi connectivity index (χ0v) is 11.7. The summed E-state index contributed by atoms with van der Waals surface area (Å²) in [5, 5.41) is 13.0. The molecule has 1 amide bonds. The summed E-state index contributed by atoms with van der Waals surface area (Å²) >= 11 is 0. The van der Waals surface area contributed by atoms with Gasteiger partial charge in [0.2, 0.25) is 0 Å². The second-order valence-corrected chi connectivity index (χ2v) is 4.80. The van der Waals surface area contributed by atoms with Crippen LogP contribution in [-0.4, -0.2) is 10.9 Å². The molecule has 4 nitrogen and oxygen atoms in total. The van der Waals surface area contributed by atoms with E-state index < -0.39 is 5.91 Å². The summed E-state index contributed by atoms with van der Waals surface area (Å²) in [5.74, 6) is -0.424. The van der Waals surface area contributed by atoms with Gasteiger partial charge < -0.3 is 10.3 Å². The highest BCUT2D eigenvalue weighted by molar-refractivity contribution is 6.09. The summed E-state index contributed by atoms with van der Waals surface area (Å²) in [6, 6.07) is 20.7. The van der Waals surface area contributed by atoms with Crippen molar-refractivity contribution in [2.75, 3.05) is 5.32 Å². The van der Waals surface area contributed by atoms with Gasteiger partial charge in [0.15, 0.2) is 0 Å². The Morgan fingerprint density at radius 1 is 1.09 bits per heavy atom. The molecule has 0 aliphatic carbocycles. The monoisotopic (exact) mass is 287 g/mol. The molecular formula is C18H13N3O. The Morgan fingerprint density at radius 2 is 1.82 bits per heavy atom. The first kappa shape index (κ1) is 13.7. The zero-order chi connectivity index (χ0) is 15.4. The topological polar surface area (TPSA) is 68.7 Å². The van der Waals surface area contributed by atoms with Gasteiger partial charge in [-0.1, -0.05) is 36.4 Å². The molecule has 3 rings (SSSR count). The van der Waals surface area contributed by atoms with E-state index in [4.69, 9.17) is 0 Å². The molecule has 2 aromatic carbocycles. The molecule has 3 aromatic rings. The lowest BCUT2D eigenvalue weighted by atomic mass is 10.2. The lowest BCUT2D eigenvalue weighted by molar-refractivity contribution is -0.112. The zero-order valence-electron chi connectivity index (χ0n) is 11.7. The highest BCUT2D eigenvalue weighted by Gasteiger charge is 2.10. The molecule has 0 spiro atoms. The van der Waals surface area contributed by atoms with Crippen LogP contribution in [0.5, 0.6) is 0 Å². The Bertz CT molecular complexity index is 852. The SMILES string of the molecule is N#C/C(=C\c1cc2ccccc2[nH]1)C(=O)Nc1ccccc1. The van der Waals surface area contributed by atoms with Gasteiger partial charge in [0.1, 0.15) is 11.6 Å². The predicted molar refractivity (Wildman–Crippen MR) is 87.0 cm³/mol. The van der Waals surface area contributed by atoms with E-state index in [1.54, 1.807) is 18.2 Å². The van der Waals surface area contributed by atoms with Crippen LogP contribution in [-0.2, 0) is 4.79 Å². The number of amides is 1. The van der Waals surface area contributed by atoms with Crippen LogP contribution in [0.4, 0.5) is 5.69 Å². The van der Waals surface area contributed by atoms with E-state index in [2.05, 4.69) is 10.3 Å². The van der Waals surface area contributed by atoms with E-state index in [-0.39, 0.29) is 5.57 Å². The van der Waals surface area contributed by atoms with Crippen molar-refractivity contribution in [1.82, 2.24) is 4.98 Å². The predicted octanol–water partition coefficient (Wildman–Crippen LogP) is 3.71. The summed E-state index contributed by atoms with van der Waals surface area (Å²) in [7, 11) is 0. The van der Waals surface area contributed by atoms with Crippen LogP contribution in [0.2, 0.25) is 0 Å². The number of H-pyrrole nitrogens is 1. The number of carbonyl (C=O) groups excluding carboxylic acids is 1. The minimum atomic E-state index is -0.424. The van der Waals surface area contributed by atoms with Crippen LogP contribution in [0.15, 0.2) is 66.2 Å². The summed E-state index contributed by atoms with van der Waals surface area (Å²) in [5.41, 5.74) is 2.40. The van der Waals surface area contributed by atoms with Crippen LogP contribution in [0.3, 0.4) is 0 Å². The lowest BCUT2D eigenvalue weighted by Crippen LogP contribution is -2.13. The first-order valence-corrected chi connectivity index (χ1v) is 6.82. The number of hydrogen-bond donors (Lipinski definition) is 2. The molecule has 0 bridgehead atoms. The quantitative estimate of drug-likeness (QED) is 0.569. The maximum absolute atomic E-state index is 12.1. The molecule has 22 heavy (non-hydrogen) atoms. The molecule has 0 fully saturated rings. The number of nitrogens with one attached hydrogen (secondary N) is 2. The van der Waals surface area contributed by atoms with Gasteiger partial charge in [0, 0.05) is 16.9 Å². The van der Waals surface area contributed by atoms with Gasteiger partial charge in [-0.05, 0) is 35.7 Å². The van der Waals surface area contributed by atoms with E-state index >= 15 is 0 Å². The number of hydrogen-bond acceptors (Lipinski definition) is 2. The molecule has 0 atom stereocenters. The van der Waals surface area contributed by atoms with Gasteiger partial charge in [0.25, 0.3) is 5.91 Å². The van der Waals surface area contributed by atoms with Gasteiger partial charge in [-0.2, -0.15) is 5.26 Å². The van der Waals surface area contributed by atoms with Crippen molar-refractivity contribution < 1.29 is 4.79 Å². The van der Waals surface area contributed by atoms with Crippen molar-refractivity contribution in [3.8, 4) is 6.07 Å². The van der Waals surface area contributed by atoms with E-state index in [1.807, 2.05) is 54.6 Å². The second-order valence-electron chi connectivity index (χ2n) is 4.80. The number of nitriles is 1. The second kappa shape index (κ2) is 5.98. The molecule has 0 aliphatic rings. The Hall–Kier alpha value is -3.32. The average molecular weight is 287 g/mol. The van der Waals surface area contributed by atoms with Crippen molar-refractivity contribution in [2.24, 2.45) is 0 Å². The molecule has 1 aromatic heterocycles. The van der Waals surface area contributed by atoms with Crippen LogP contribution in [0.25, 0.3) is 17.0 Å². The standard InChI is InChI=1S/C18H13N3O/c19-12-14(18(22)21-15-7-2-1-3-8-15)11-16-10-13-6-4-5-9-17(13)20-16/h1-11,20H,(H,21,22)/b14-11+. The number of para-hydroxylation sites is 2. The van der Waals surface area contributed by atoms with Crippen LogP contribution >= 0.6 is 0 Å². The van der Waals surface area contributed by atoms with Crippen molar-refractivity contribution in [3.05, 3.63) is 71.9 Å². The Kier molecular flexibility index (Phi) is 3.71. The number of nitrogens with zero attached hydrogens (tertiary/aromatic N) is 1. The summed E-state index contributed by atoms with van der Waals surface area (Å²) in [6.07, 6.45) is 1.55. The fourth-order valence-corrected chi connectivity index (χ4v) is 2.20. The molecule has 0 radical (unpaired) electrons. The summed E-state index contributed by atoms with van der Waals surface area (Å²) < 4.78 is 0. The third-order valence-corrected chi connectivity index (χ3v) is 3.25. The van der Waals surface area contributed by atoms with Crippen LogP contribution in [0.1, 0.15) is 5.69 Å². The Labute approximate surface area is 127 Å². The van der Waals surface area contributed by atoms with E-state index in [0.29, 0.717) is 5.69 Å². The highest BCUT2D eigenvalue weighted by Crippen LogP contribution is 2.17. The smallest absolute Gasteiger partial charge is 0.266 e. The number of aromatic amines is 1. The number of benzene rings is 2. The van der Waals surface area contributed by atoms with Gasteiger partial charge >= 0.3 is 0 Å². The molecule has 1 heterocycles. The van der Waals surface area contributed by atoms with Gasteiger partial charge in [-0.25, -0.2) is 0 Å². The molecule has 4 heteroatoms. The van der Waals surface area contributed by atoms with Crippen molar-refractivity contribution in [2.45, 2.75) is 0 Å². The largest absolute Gasteiger partial charge is 0.355 e. The normalized spacial score (nSPS) is 11.1. The van der Waals surface area contributed by atoms with Gasteiger partial charge in [0.05, 0.1) is 0 Å². The first-order valence-electron chi connectivity index (χ1n) is 6.82. The lowest BCUT2D eigenvalue weighted by Gasteiger charge is -2.03. The minimum Gasteiger partial charge on any atom is -0.355 e. The van der Waals surface area contributed by atoms with E-state index in [1.165, 1.54) is 0 Å². The average Bonchev–Trinajstić information content (AvgIpc) is 2.96. The molecule has 0 saturated carbocycles. The third-order valence-electron chi connectivity index (χ3n) is 3.25. The number of anilines is 1. The number of aromatic nitrogens is 1. The summed E-state index contributed by atoms with van der Waals surface area (Å²) in [6.45, 7) is 0. The fourth-order valence-electron chi connectivity index (χ4n) is 2.20. The first-order chi connectivity index (χ1) is 10.8. The maximum atomic E-state index is 12.1. The number of carbonyl (C=O) groups is 1.